The lowest BCUT2D eigenvalue weighted by Gasteiger charge is -2.18. The zero-order chi connectivity index (χ0) is 14.9. The summed E-state index contributed by atoms with van der Waals surface area (Å²) in [4.78, 5) is 13.8. The topological polar surface area (TPSA) is 58.1 Å². The predicted octanol–water partition coefficient (Wildman–Crippen LogP) is 2.79. The summed E-state index contributed by atoms with van der Waals surface area (Å²) in [6.45, 7) is 5.39. The van der Waals surface area contributed by atoms with Gasteiger partial charge in [-0.2, -0.15) is 0 Å². The molecule has 1 aliphatic rings. The molecule has 5 nitrogen and oxygen atoms in total. The Hall–Kier alpha value is -1.14. The maximum Gasteiger partial charge on any atom is 0.225 e. The number of hydrogen-bond acceptors (Lipinski definition) is 5. The van der Waals surface area contributed by atoms with Crippen LogP contribution in [0.5, 0.6) is 0 Å². The Kier molecular flexibility index (Phi) is 6.95. The molecule has 0 bridgehead atoms. The van der Waals surface area contributed by atoms with E-state index in [1.54, 1.807) is 11.8 Å². The number of likely N-dealkylation sites (tertiary alicyclic amines) is 1. The van der Waals surface area contributed by atoms with Crippen LogP contribution in [0.15, 0.2) is 17.2 Å². The smallest absolute Gasteiger partial charge is 0.225 e. The van der Waals surface area contributed by atoms with E-state index in [0.29, 0.717) is 12.2 Å². The van der Waals surface area contributed by atoms with Crippen molar-refractivity contribution in [1.82, 2.24) is 15.1 Å². The second-order valence-corrected chi connectivity index (χ2v) is 6.38. The van der Waals surface area contributed by atoms with E-state index >= 15 is 0 Å². The van der Waals surface area contributed by atoms with Gasteiger partial charge in [0.15, 0.2) is 5.82 Å². The molecule has 116 valence electrons. The number of nitrogens with zero attached hydrogens (tertiary/aromatic N) is 3. The summed E-state index contributed by atoms with van der Waals surface area (Å²) in [7, 11) is 0. The van der Waals surface area contributed by atoms with Gasteiger partial charge in [0.25, 0.3) is 0 Å². The van der Waals surface area contributed by atoms with E-state index in [-0.39, 0.29) is 5.91 Å². The molecule has 0 saturated carbocycles. The molecule has 1 aliphatic heterocycles. The van der Waals surface area contributed by atoms with E-state index in [1.807, 2.05) is 19.1 Å². The molecule has 6 heteroatoms. The summed E-state index contributed by atoms with van der Waals surface area (Å²) < 4.78 is 0. The quantitative estimate of drug-likeness (QED) is 0.819. The van der Waals surface area contributed by atoms with Crippen molar-refractivity contribution in [1.29, 1.82) is 0 Å². The van der Waals surface area contributed by atoms with Crippen molar-refractivity contribution in [2.24, 2.45) is 0 Å². The molecule has 1 aromatic rings. The highest BCUT2D eigenvalue weighted by atomic mass is 32.2. The average Bonchev–Trinajstić information content (AvgIpc) is 2.78. The Bertz CT molecular complexity index is 430. The number of hydrogen-bond donors (Lipinski definition) is 1. The highest BCUT2D eigenvalue weighted by Crippen LogP contribution is 2.17. The summed E-state index contributed by atoms with van der Waals surface area (Å²) in [6.07, 6.45) is 5.86. The Morgan fingerprint density at radius 3 is 2.62 bits per heavy atom. The third kappa shape index (κ3) is 6.01. The van der Waals surface area contributed by atoms with Crippen molar-refractivity contribution < 1.29 is 4.79 Å². The highest BCUT2D eigenvalue weighted by Gasteiger charge is 2.09. The molecule has 0 aliphatic carbocycles. The van der Waals surface area contributed by atoms with Crippen LogP contribution in [0.1, 0.15) is 39.0 Å². The number of anilines is 1. The van der Waals surface area contributed by atoms with Gasteiger partial charge in [-0.3, -0.25) is 4.79 Å². The van der Waals surface area contributed by atoms with Gasteiger partial charge in [-0.15, -0.1) is 22.0 Å². The van der Waals surface area contributed by atoms with Crippen LogP contribution in [0.3, 0.4) is 0 Å². The molecule has 0 radical (unpaired) electrons. The molecule has 0 aromatic carbocycles. The van der Waals surface area contributed by atoms with Gasteiger partial charge >= 0.3 is 0 Å². The van der Waals surface area contributed by atoms with E-state index in [1.165, 1.54) is 38.8 Å². The van der Waals surface area contributed by atoms with E-state index in [9.17, 15) is 4.79 Å². The number of carbonyl (C=O) groups excluding carboxylic acids is 1. The lowest BCUT2D eigenvalue weighted by molar-refractivity contribution is -0.115. The summed E-state index contributed by atoms with van der Waals surface area (Å²) in [5.74, 6) is 1.53. The third-order valence-electron chi connectivity index (χ3n) is 3.58. The SMILES string of the molecule is CCC(=O)Nc1ccc(SCCN2CCCCCC2)nn1. The maximum absolute atomic E-state index is 11.3. The van der Waals surface area contributed by atoms with Crippen molar-refractivity contribution in [3.05, 3.63) is 12.1 Å². The largest absolute Gasteiger partial charge is 0.309 e. The van der Waals surface area contributed by atoms with Crippen LogP contribution in [-0.4, -0.2) is 46.4 Å². The molecule has 0 atom stereocenters. The number of carbonyl (C=O) groups is 1. The van der Waals surface area contributed by atoms with Crippen LogP contribution in [0.2, 0.25) is 0 Å². The minimum Gasteiger partial charge on any atom is -0.309 e. The third-order valence-corrected chi connectivity index (χ3v) is 4.49. The normalized spacial score (nSPS) is 16.4. The van der Waals surface area contributed by atoms with Gasteiger partial charge in [0, 0.05) is 18.7 Å². The van der Waals surface area contributed by atoms with Gasteiger partial charge in [-0.25, -0.2) is 0 Å². The lowest BCUT2D eigenvalue weighted by atomic mass is 10.2. The second kappa shape index (κ2) is 9.00. The molecular formula is C15H24N4OS. The van der Waals surface area contributed by atoms with Crippen LogP contribution in [0.4, 0.5) is 5.82 Å². The van der Waals surface area contributed by atoms with Gasteiger partial charge in [-0.1, -0.05) is 19.8 Å². The van der Waals surface area contributed by atoms with Gasteiger partial charge < -0.3 is 10.2 Å². The van der Waals surface area contributed by atoms with Crippen molar-refractivity contribution >= 4 is 23.5 Å². The molecule has 0 spiro atoms. The molecule has 2 rings (SSSR count). The molecular weight excluding hydrogens is 284 g/mol. The number of thioether (sulfide) groups is 1. The monoisotopic (exact) mass is 308 g/mol. The average molecular weight is 308 g/mol. The molecule has 0 unspecified atom stereocenters. The summed E-state index contributed by atoms with van der Waals surface area (Å²) in [5.41, 5.74) is 0. The van der Waals surface area contributed by atoms with Crippen LogP contribution in [-0.2, 0) is 4.79 Å². The number of rotatable bonds is 6. The molecule has 1 N–H and O–H groups in total. The Morgan fingerprint density at radius 2 is 2.00 bits per heavy atom. The molecule has 21 heavy (non-hydrogen) atoms. The van der Waals surface area contributed by atoms with Crippen LogP contribution in [0.25, 0.3) is 0 Å². The summed E-state index contributed by atoms with van der Waals surface area (Å²) in [5, 5.41) is 11.8. The van der Waals surface area contributed by atoms with E-state index in [2.05, 4.69) is 20.4 Å². The number of amides is 1. The van der Waals surface area contributed by atoms with Crippen molar-refractivity contribution in [3.8, 4) is 0 Å². The van der Waals surface area contributed by atoms with Gasteiger partial charge in [0.05, 0.1) is 0 Å². The second-order valence-electron chi connectivity index (χ2n) is 5.26. The first-order chi connectivity index (χ1) is 10.3. The zero-order valence-electron chi connectivity index (χ0n) is 12.7. The van der Waals surface area contributed by atoms with Gasteiger partial charge in [0.2, 0.25) is 5.91 Å². The minimum atomic E-state index is -0.0362. The van der Waals surface area contributed by atoms with Gasteiger partial charge in [-0.05, 0) is 38.1 Å². The first-order valence-electron chi connectivity index (χ1n) is 7.76. The fourth-order valence-electron chi connectivity index (χ4n) is 2.33. The van der Waals surface area contributed by atoms with Crippen LogP contribution < -0.4 is 5.32 Å². The van der Waals surface area contributed by atoms with E-state index < -0.39 is 0 Å². The molecule has 1 amide bonds. The number of aromatic nitrogens is 2. The molecule has 2 heterocycles. The number of nitrogens with one attached hydrogen (secondary N) is 1. The van der Waals surface area contributed by atoms with Crippen LogP contribution >= 0.6 is 11.8 Å². The first-order valence-corrected chi connectivity index (χ1v) is 8.75. The van der Waals surface area contributed by atoms with E-state index in [0.717, 1.165) is 17.3 Å². The fourth-order valence-corrected chi connectivity index (χ4v) is 3.16. The Morgan fingerprint density at radius 1 is 1.24 bits per heavy atom. The molecule has 1 saturated heterocycles. The summed E-state index contributed by atoms with van der Waals surface area (Å²) in [6, 6.07) is 3.74. The first kappa shape index (κ1) is 16.2. The van der Waals surface area contributed by atoms with Crippen molar-refractivity contribution in [2.75, 3.05) is 30.7 Å². The molecule has 1 aromatic heterocycles. The zero-order valence-corrected chi connectivity index (χ0v) is 13.5. The van der Waals surface area contributed by atoms with Crippen molar-refractivity contribution in [3.63, 3.8) is 0 Å². The van der Waals surface area contributed by atoms with Gasteiger partial charge in [0.1, 0.15) is 5.03 Å². The molecule has 1 fully saturated rings. The highest BCUT2D eigenvalue weighted by molar-refractivity contribution is 7.99. The lowest BCUT2D eigenvalue weighted by Crippen LogP contribution is -2.27. The Labute approximate surface area is 130 Å². The fraction of sp³-hybridized carbons (Fsp3) is 0.667. The Balaban J connectivity index is 1.71. The predicted molar refractivity (Wildman–Crippen MR) is 86.6 cm³/mol. The van der Waals surface area contributed by atoms with Crippen molar-refractivity contribution in [2.45, 2.75) is 44.1 Å². The van der Waals surface area contributed by atoms with E-state index in [4.69, 9.17) is 0 Å². The van der Waals surface area contributed by atoms with Crippen LogP contribution in [0, 0.1) is 0 Å². The minimum absolute atomic E-state index is 0.0362. The standard InChI is InChI=1S/C15H24N4OS/c1-2-14(20)16-13-7-8-15(18-17-13)21-12-11-19-9-5-3-4-6-10-19/h7-8H,2-6,9-12H2,1H3,(H,16,17,20). The maximum atomic E-state index is 11.3. The summed E-state index contributed by atoms with van der Waals surface area (Å²) >= 11 is 1.73.